The first-order valence-corrected chi connectivity index (χ1v) is 10.1. The molecule has 156 valence electrons. The van der Waals surface area contributed by atoms with Gasteiger partial charge in [0.2, 0.25) is 0 Å². The van der Waals surface area contributed by atoms with Crippen LogP contribution in [0.2, 0.25) is 0 Å². The van der Waals surface area contributed by atoms with E-state index in [0.717, 1.165) is 11.1 Å². The third-order valence-corrected chi connectivity index (χ3v) is 5.38. The summed E-state index contributed by atoms with van der Waals surface area (Å²) in [6.07, 6.45) is 0.483. The van der Waals surface area contributed by atoms with Crippen molar-refractivity contribution in [2.75, 3.05) is 4.90 Å². The molecule has 0 radical (unpaired) electrons. The van der Waals surface area contributed by atoms with Gasteiger partial charge in [-0.1, -0.05) is 60.7 Å². The topological polar surface area (TPSA) is 93.5 Å². The van der Waals surface area contributed by atoms with Crippen molar-refractivity contribution in [1.82, 2.24) is 10.2 Å². The van der Waals surface area contributed by atoms with Crippen molar-refractivity contribution in [3.63, 3.8) is 0 Å². The first-order valence-electron chi connectivity index (χ1n) is 10.1. The molecule has 0 saturated carbocycles. The molecule has 3 atom stereocenters. The number of rotatable bonds is 8. The quantitative estimate of drug-likeness (QED) is 0.600. The predicted octanol–water partition coefficient (Wildman–Crippen LogP) is 2.77. The largest absolute Gasteiger partial charge is 0.368 e. The number of aromatic nitrogens is 2. The monoisotopic (exact) mass is 406 g/mol. The van der Waals surface area contributed by atoms with Crippen molar-refractivity contribution in [1.29, 1.82) is 0 Å². The number of H-pyrrole nitrogens is 1. The van der Waals surface area contributed by atoms with Crippen molar-refractivity contribution < 1.29 is 14.3 Å². The Morgan fingerprint density at radius 3 is 2.20 bits per heavy atom. The highest BCUT2D eigenvalue weighted by molar-refractivity contribution is 6.00. The minimum Gasteiger partial charge on any atom is -0.368 e. The molecule has 1 fully saturated rings. The molecule has 0 spiro atoms. The molecule has 0 bridgehead atoms. The molecule has 7 heteroatoms. The van der Waals surface area contributed by atoms with Crippen molar-refractivity contribution in [3.05, 3.63) is 83.7 Å². The van der Waals surface area contributed by atoms with Crippen LogP contribution in [0.4, 0.5) is 5.69 Å². The van der Waals surface area contributed by atoms with Crippen LogP contribution in [0.5, 0.6) is 0 Å². The van der Waals surface area contributed by atoms with Crippen LogP contribution in [0.15, 0.2) is 66.9 Å². The number of aromatic amines is 1. The summed E-state index contributed by atoms with van der Waals surface area (Å²) in [7, 11) is 0. The number of nitrogens with one attached hydrogen (secondary N) is 1. The van der Waals surface area contributed by atoms with Crippen molar-refractivity contribution >= 4 is 11.6 Å². The van der Waals surface area contributed by atoms with Gasteiger partial charge in [-0.3, -0.25) is 9.89 Å². The minimum absolute atomic E-state index is 0.146. The summed E-state index contributed by atoms with van der Waals surface area (Å²) in [5, 5.41) is 6.93. The molecule has 1 saturated heterocycles. The van der Waals surface area contributed by atoms with Crippen molar-refractivity contribution in [2.24, 2.45) is 5.73 Å². The van der Waals surface area contributed by atoms with E-state index in [9.17, 15) is 4.79 Å². The highest BCUT2D eigenvalue weighted by atomic mass is 16.5. The van der Waals surface area contributed by atoms with E-state index >= 15 is 0 Å². The van der Waals surface area contributed by atoms with E-state index in [1.165, 1.54) is 0 Å². The maximum absolute atomic E-state index is 13.4. The van der Waals surface area contributed by atoms with E-state index in [-0.39, 0.29) is 18.5 Å². The normalized spacial score (nSPS) is 21.3. The second-order valence-corrected chi connectivity index (χ2v) is 7.37. The van der Waals surface area contributed by atoms with Gasteiger partial charge in [0.25, 0.3) is 5.91 Å². The fraction of sp³-hybridized carbons (Fsp3) is 0.304. The van der Waals surface area contributed by atoms with E-state index in [4.69, 9.17) is 15.2 Å². The molecule has 3 aromatic rings. The second-order valence-electron chi connectivity index (χ2n) is 7.37. The molecule has 2 aromatic carbocycles. The average molecular weight is 406 g/mol. The zero-order chi connectivity index (χ0) is 20.9. The summed E-state index contributed by atoms with van der Waals surface area (Å²) < 4.78 is 12.3. The number of anilines is 1. The Morgan fingerprint density at radius 2 is 1.60 bits per heavy atom. The van der Waals surface area contributed by atoms with E-state index in [1.54, 1.807) is 11.1 Å². The van der Waals surface area contributed by atoms with Gasteiger partial charge in [-0.25, -0.2) is 0 Å². The number of ether oxygens (including phenoxy) is 2. The summed E-state index contributed by atoms with van der Waals surface area (Å²) in [4.78, 5) is 15.1. The van der Waals surface area contributed by atoms with Gasteiger partial charge in [-0.2, -0.15) is 5.10 Å². The Balaban J connectivity index is 1.56. The summed E-state index contributed by atoms with van der Waals surface area (Å²) in [6.45, 7) is 2.96. The van der Waals surface area contributed by atoms with Gasteiger partial charge in [-0.05, 0) is 18.1 Å². The third kappa shape index (κ3) is 4.14. The molecule has 3 N–H and O–H groups in total. The standard InChI is InChI=1S/C23H26N4O3/c1-16-21(29-14-17-8-4-2-5-9-17)22(30-15-18-10-6-3-7-11-18)23(28)27(16)20-13-25-26-19(20)12-24/h2-11,13,16,21-22H,12,14-15,24H2,1H3,(H,25,26)/t16-,21-,22+/m1/s1. The smallest absolute Gasteiger partial charge is 0.259 e. The van der Waals surface area contributed by atoms with Gasteiger partial charge in [0.1, 0.15) is 6.10 Å². The zero-order valence-corrected chi connectivity index (χ0v) is 16.9. The molecule has 7 nitrogen and oxygen atoms in total. The van der Waals surface area contributed by atoms with E-state index in [0.29, 0.717) is 24.6 Å². The first kappa shape index (κ1) is 20.3. The zero-order valence-electron chi connectivity index (χ0n) is 16.9. The third-order valence-electron chi connectivity index (χ3n) is 5.38. The number of hydrogen-bond acceptors (Lipinski definition) is 5. The highest BCUT2D eigenvalue weighted by Crippen LogP contribution is 2.33. The lowest BCUT2D eigenvalue weighted by atomic mass is 10.1. The Bertz CT molecular complexity index is 961. The maximum atomic E-state index is 13.4. The van der Waals surface area contributed by atoms with Crippen LogP contribution in [0.1, 0.15) is 23.7 Å². The van der Waals surface area contributed by atoms with E-state index < -0.39 is 12.2 Å². The SMILES string of the molecule is C[C@@H]1[C@@H](OCc2ccccc2)[C@H](OCc2ccccc2)C(=O)N1c1cn[nH]c1CN. The molecule has 0 aliphatic carbocycles. The second kappa shape index (κ2) is 9.21. The number of nitrogens with two attached hydrogens (primary N) is 1. The van der Waals surface area contributed by atoms with Crippen LogP contribution < -0.4 is 10.6 Å². The van der Waals surface area contributed by atoms with E-state index in [1.807, 2.05) is 67.6 Å². The molecule has 1 aliphatic heterocycles. The van der Waals surface area contributed by atoms with Gasteiger partial charge in [0.05, 0.1) is 36.8 Å². The van der Waals surface area contributed by atoms with Crippen LogP contribution in [0.25, 0.3) is 0 Å². The molecular formula is C23H26N4O3. The van der Waals surface area contributed by atoms with Gasteiger partial charge in [0, 0.05) is 6.54 Å². The lowest BCUT2D eigenvalue weighted by molar-refractivity contribution is -0.136. The average Bonchev–Trinajstić information content (AvgIpc) is 3.34. The Morgan fingerprint density at radius 1 is 1.00 bits per heavy atom. The van der Waals surface area contributed by atoms with Crippen LogP contribution >= 0.6 is 0 Å². The van der Waals surface area contributed by atoms with Crippen LogP contribution in [0, 0.1) is 0 Å². The lowest BCUT2D eigenvalue weighted by Crippen LogP contribution is -2.36. The molecule has 1 aromatic heterocycles. The summed E-state index contributed by atoms with van der Waals surface area (Å²) >= 11 is 0. The lowest BCUT2D eigenvalue weighted by Gasteiger charge is -2.24. The number of carbonyl (C=O) groups excluding carboxylic acids is 1. The van der Waals surface area contributed by atoms with Crippen LogP contribution in [-0.4, -0.2) is 34.4 Å². The predicted molar refractivity (Wildman–Crippen MR) is 113 cm³/mol. The molecule has 4 rings (SSSR count). The molecule has 0 unspecified atom stereocenters. The first-order chi connectivity index (χ1) is 14.7. The summed E-state index contributed by atoms with van der Waals surface area (Å²) in [5.74, 6) is -0.146. The molecule has 2 heterocycles. The highest BCUT2D eigenvalue weighted by Gasteiger charge is 2.49. The Labute approximate surface area is 175 Å². The summed E-state index contributed by atoms with van der Waals surface area (Å²) in [5.41, 5.74) is 9.25. The molecular weight excluding hydrogens is 380 g/mol. The van der Waals surface area contributed by atoms with Gasteiger partial charge in [-0.15, -0.1) is 0 Å². The van der Waals surface area contributed by atoms with Crippen LogP contribution in [0.3, 0.4) is 0 Å². The number of nitrogens with zero attached hydrogens (tertiary/aromatic N) is 2. The molecule has 30 heavy (non-hydrogen) atoms. The van der Waals surface area contributed by atoms with Gasteiger partial charge in [0.15, 0.2) is 6.10 Å². The number of amides is 1. The molecule has 1 aliphatic rings. The number of carbonyl (C=O) groups is 1. The summed E-state index contributed by atoms with van der Waals surface area (Å²) in [6, 6.07) is 19.5. The van der Waals surface area contributed by atoms with Crippen molar-refractivity contribution in [3.8, 4) is 0 Å². The fourth-order valence-electron chi connectivity index (χ4n) is 3.80. The number of hydrogen-bond donors (Lipinski definition) is 2. The maximum Gasteiger partial charge on any atom is 0.259 e. The van der Waals surface area contributed by atoms with E-state index in [2.05, 4.69) is 10.2 Å². The minimum atomic E-state index is -0.718. The van der Waals surface area contributed by atoms with Gasteiger partial charge >= 0.3 is 0 Å². The van der Waals surface area contributed by atoms with Crippen LogP contribution in [-0.2, 0) is 34.0 Å². The van der Waals surface area contributed by atoms with Crippen molar-refractivity contribution in [2.45, 2.75) is 44.9 Å². The fourth-order valence-corrected chi connectivity index (χ4v) is 3.80. The number of benzene rings is 2. The molecule has 1 amide bonds. The Hall–Kier alpha value is -3.00. The Kier molecular flexibility index (Phi) is 6.23. The van der Waals surface area contributed by atoms with Gasteiger partial charge < -0.3 is 20.1 Å².